The molecule has 0 N–H and O–H groups in total. The van der Waals surface area contributed by atoms with E-state index in [2.05, 4.69) is 29.8 Å². The molecule has 23 heavy (non-hydrogen) atoms. The van der Waals surface area contributed by atoms with Gasteiger partial charge in [0.2, 0.25) is 0 Å². The van der Waals surface area contributed by atoms with E-state index in [1.807, 2.05) is 0 Å². The zero-order chi connectivity index (χ0) is 17.0. The molecule has 0 amide bonds. The Morgan fingerprint density at radius 1 is 0.478 bits per heavy atom. The van der Waals surface area contributed by atoms with Crippen molar-refractivity contribution in [1.29, 1.82) is 0 Å². The summed E-state index contributed by atoms with van der Waals surface area (Å²) in [6.07, 6.45) is 26.2. The molecule has 0 rings (SSSR count). The fourth-order valence-corrected chi connectivity index (χ4v) is 3.90. The number of hydrogen-bond acceptors (Lipinski definition) is 0. The van der Waals surface area contributed by atoms with Crippen molar-refractivity contribution in [2.45, 2.75) is 129 Å². The van der Waals surface area contributed by atoms with Crippen LogP contribution in [-0.2, 0) is 0 Å². The largest absolute Gasteiger partial charge is 0.0928 e. The third-order valence-corrected chi connectivity index (χ3v) is 5.74. The quantitative estimate of drug-likeness (QED) is 0.153. The zero-order valence-corrected chi connectivity index (χ0v) is 18.0. The summed E-state index contributed by atoms with van der Waals surface area (Å²) >= 11 is 3.61. The van der Waals surface area contributed by atoms with Crippen molar-refractivity contribution in [1.82, 2.24) is 0 Å². The first-order valence-electron chi connectivity index (χ1n) is 10.9. The first-order valence-corrected chi connectivity index (χ1v) is 12.0. The highest BCUT2D eigenvalue weighted by atomic mass is 79.9. The Hall–Kier alpha value is 0.480. The molecule has 0 nitrogen and oxygen atoms in total. The van der Waals surface area contributed by atoms with Gasteiger partial charge in [-0.1, -0.05) is 133 Å². The minimum absolute atomic E-state index is 1.01. The average molecular weight is 390 g/mol. The van der Waals surface area contributed by atoms with Gasteiger partial charge >= 0.3 is 0 Å². The van der Waals surface area contributed by atoms with Crippen LogP contribution in [0, 0.1) is 5.92 Å². The highest BCUT2D eigenvalue weighted by Gasteiger charge is 2.08. The van der Waals surface area contributed by atoms with E-state index in [9.17, 15) is 0 Å². The normalized spacial score (nSPS) is 12.7. The first-order chi connectivity index (χ1) is 11.3. The van der Waals surface area contributed by atoms with Crippen molar-refractivity contribution < 1.29 is 0 Å². The Morgan fingerprint density at radius 2 is 0.826 bits per heavy atom. The van der Waals surface area contributed by atoms with Crippen LogP contribution >= 0.6 is 15.9 Å². The van der Waals surface area contributed by atoms with Crippen molar-refractivity contribution in [3.8, 4) is 0 Å². The minimum atomic E-state index is 1.01. The second kappa shape index (κ2) is 20.5. The van der Waals surface area contributed by atoms with E-state index in [4.69, 9.17) is 0 Å². The van der Waals surface area contributed by atoms with Crippen LogP contribution in [0.15, 0.2) is 0 Å². The van der Waals surface area contributed by atoms with Crippen molar-refractivity contribution in [2.75, 3.05) is 5.33 Å². The maximum atomic E-state index is 3.61. The molecule has 1 heteroatoms. The number of rotatable bonds is 19. The minimum Gasteiger partial charge on any atom is -0.0928 e. The van der Waals surface area contributed by atoms with Gasteiger partial charge < -0.3 is 0 Å². The van der Waals surface area contributed by atoms with Crippen molar-refractivity contribution in [3.05, 3.63) is 0 Å². The molecule has 1 unspecified atom stereocenters. The lowest BCUT2D eigenvalue weighted by molar-refractivity contribution is 0.378. The van der Waals surface area contributed by atoms with Gasteiger partial charge in [-0.05, 0) is 18.8 Å². The van der Waals surface area contributed by atoms with Gasteiger partial charge in [-0.25, -0.2) is 0 Å². The van der Waals surface area contributed by atoms with E-state index in [0.717, 1.165) is 5.92 Å². The van der Waals surface area contributed by atoms with Crippen LogP contribution in [-0.4, -0.2) is 5.33 Å². The molecule has 0 radical (unpaired) electrons. The lowest BCUT2D eigenvalue weighted by Crippen LogP contribution is -2.02. The summed E-state index contributed by atoms with van der Waals surface area (Å²) in [5.41, 5.74) is 0. The Bertz CT molecular complexity index is 202. The Labute approximate surface area is 156 Å². The maximum Gasteiger partial charge on any atom is 0.00314 e. The molecule has 0 aromatic heterocycles. The van der Waals surface area contributed by atoms with E-state index < -0.39 is 0 Å². The molecule has 0 heterocycles. The SMILES string of the molecule is CCCCCCCCCCC(CCCBr)CCCCCCCC. The summed E-state index contributed by atoms with van der Waals surface area (Å²) in [5.74, 6) is 1.01. The molecule has 0 aliphatic rings. The average Bonchev–Trinajstić information content (AvgIpc) is 2.57. The monoisotopic (exact) mass is 388 g/mol. The molecule has 0 aliphatic heterocycles. The molecule has 140 valence electrons. The molecule has 1 atom stereocenters. The Balaban J connectivity index is 3.54. The fraction of sp³-hybridized carbons (Fsp3) is 1.00. The van der Waals surface area contributed by atoms with Gasteiger partial charge in [0.05, 0.1) is 0 Å². The van der Waals surface area contributed by atoms with Crippen molar-refractivity contribution >= 4 is 15.9 Å². The topological polar surface area (TPSA) is 0 Å². The van der Waals surface area contributed by atoms with Gasteiger partial charge in [-0.15, -0.1) is 0 Å². The summed E-state index contributed by atoms with van der Waals surface area (Å²) in [6, 6.07) is 0. The van der Waals surface area contributed by atoms with Crippen LogP contribution < -0.4 is 0 Å². The first kappa shape index (κ1) is 23.5. The van der Waals surface area contributed by atoms with Crippen molar-refractivity contribution in [3.63, 3.8) is 0 Å². The van der Waals surface area contributed by atoms with Crippen LogP contribution in [0.5, 0.6) is 0 Å². The van der Waals surface area contributed by atoms with Crippen molar-refractivity contribution in [2.24, 2.45) is 5.92 Å². The highest BCUT2D eigenvalue weighted by molar-refractivity contribution is 9.09. The van der Waals surface area contributed by atoms with Gasteiger partial charge in [0, 0.05) is 5.33 Å². The molecule has 0 saturated heterocycles. The Kier molecular flexibility index (Phi) is 21.0. The maximum absolute atomic E-state index is 3.61. The van der Waals surface area contributed by atoms with E-state index in [1.165, 1.54) is 121 Å². The second-order valence-corrected chi connectivity index (χ2v) is 8.31. The van der Waals surface area contributed by atoms with Crippen LogP contribution in [0.3, 0.4) is 0 Å². The number of halogens is 1. The second-order valence-electron chi connectivity index (χ2n) is 7.52. The van der Waals surface area contributed by atoms with E-state index in [-0.39, 0.29) is 0 Å². The summed E-state index contributed by atoms with van der Waals surface area (Å²) in [7, 11) is 0. The van der Waals surface area contributed by atoms with E-state index in [0.29, 0.717) is 0 Å². The zero-order valence-electron chi connectivity index (χ0n) is 16.4. The van der Waals surface area contributed by atoms with Crippen LogP contribution in [0.4, 0.5) is 0 Å². The van der Waals surface area contributed by atoms with Gasteiger partial charge in [0.1, 0.15) is 0 Å². The number of hydrogen-bond donors (Lipinski definition) is 0. The lowest BCUT2D eigenvalue weighted by Gasteiger charge is -2.16. The lowest BCUT2D eigenvalue weighted by atomic mass is 9.90. The molecule has 0 saturated carbocycles. The number of alkyl halides is 1. The third kappa shape index (κ3) is 18.7. The molecule has 0 aromatic carbocycles. The van der Waals surface area contributed by atoms with Crippen LogP contribution in [0.2, 0.25) is 0 Å². The summed E-state index contributed by atoms with van der Waals surface area (Å²) in [4.78, 5) is 0. The highest BCUT2D eigenvalue weighted by Crippen LogP contribution is 2.23. The molecular weight excluding hydrogens is 344 g/mol. The summed E-state index contributed by atoms with van der Waals surface area (Å²) < 4.78 is 0. The third-order valence-electron chi connectivity index (χ3n) is 5.18. The molecule has 0 aliphatic carbocycles. The standard InChI is InChI=1S/C22H45Br/c1-3-5-7-9-11-12-14-16-19-22(20-17-21-23)18-15-13-10-8-6-4-2/h22H,3-21H2,1-2H3. The van der Waals surface area contributed by atoms with Gasteiger partial charge in [-0.3, -0.25) is 0 Å². The van der Waals surface area contributed by atoms with Crippen LogP contribution in [0.1, 0.15) is 129 Å². The van der Waals surface area contributed by atoms with E-state index in [1.54, 1.807) is 0 Å². The predicted molar refractivity (Wildman–Crippen MR) is 112 cm³/mol. The Morgan fingerprint density at radius 3 is 1.22 bits per heavy atom. The molecule has 0 bridgehead atoms. The summed E-state index contributed by atoms with van der Waals surface area (Å²) in [6.45, 7) is 4.61. The van der Waals surface area contributed by atoms with Crippen LogP contribution in [0.25, 0.3) is 0 Å². The van der Waals surface area contributed by atoms with Gasteiger partial charge in [0.15, 0.2) is 0 Å². The molecule has 0 spiro atoms. The van der Waals surface area contributed by atoms with Gasteiger partial charge in [0.25, 0.3) is 0 Å². The smallest absolute Gasteiger partial charge is 0.00314 e. The summed E-state index contributed by atoms with van der Waals surface area (Å²) in [5, 5.41) is 1.19. The predicted octanol–water partition coefficient (Wildman–Crippen LogP) is 9.06. The molecule has 0 fully saturated rings. The van der Waals surface area contributed by atoms with Gasteiger partial charge in [-0.2, -0.15) is 0 Å². The fourth-order valence-electron chi connectivity index (χ4n) is 3.58. The van der Waals surface area contributed by atoms with E-state index >= 15 is 0 Å². The molecule has 0 aromatic rings. The molecular formula is C22H45Br. The number of unbranched alkanes of at least 4 members (excludes halogenated alkanes) is 12.